The standard InChI is InChI=1S/C34H16S2/c1-3-35-33-15-23-13-31-25(7-19(23)5-17(1)33)27-9-21-12-30-28(10-22(21)11-29(27)31)26-8-20-6-18-2-4-36-34(18)16-24(20)14-32(26)30/h1-16H. The van der Waals surface area contributed by atoms with Gasteiger partial charge in [0.2, 0.25) is 0 Å². The molecule has 0 N–H and O–H groups in total. The largest absolute Gasteiger partial charge is 0.144 e. The van der Waals surface area contributed by atoms with E-state index in [-0.39, 0.29) is 0 Å². The van der Waals surface area contributed by atoms with Crippen molar-refractivity contribution >= 4 is 118 Å². The fourth-order valence-corrected chi connectivity index (χ4v) is 8.16. The third-order valence-electron chi connectivity index (χ3n) is 8.37. The summed E-state index contributed by atoms with van der Waals surface area (Å²) in [4.78, 5) is 0. The van der Waals surface area contributed by atoms with Gasteiger partial charge in [-0.15, -0.1) is 22.7 Å². The molecule has 10 aromatic rings. The summed E-state index contributed by atoms with van der Waals surface area (Å²) < 4.78 is 2.73. The summed E-state index contributed by atoms with van der Waals surface area (Å²) in [5, 5.41) is 26.2. The van der Waals surface area contributed by atoms with Crippen molar-refractivity contribution in [1.29, 1.82) is 0 Å². The number of hydrogen-bond acceptors (Lipinski definition) is 2. The van der Waals surface area contributed by atoms with Crippen LogP contribution in [0, 0.1) is 0 Å². The molecule has 2 heteroatoms. The normalized spacial score (nSPS) is 13.0. The first-order valence-electron chi connectivity index (χ1n) is 12.3. The third-order valence-corrected chi connectivity index (χ3v) is 10.1. The molecule has 0 radical (unpaired) electrons. The zero-order valence-electron chi connectivity index (χ0n) is 19.1. The lowest BCUT2D eigenvalue weighted by molar-refractivity contribution is 1.85. The number of hydrogen-bond donors (Lipinski definition) is 0. The van der Waals surface area contributed by atoms with Gasteiger partial charge in [0.15, 0.2) is 0 Å². The Labute approximate surface area is 213 Å². The Morgan fingerprint density at radius 1 is 0.278 bits per heavy atom. The topological polar surface area (TPSA) is 0 Å². The SMILES string of the molecule is c1cc2cc3cc4c(cc3cc2s1)c1cc2cc3c5cc6cc7ccsc7cc6cc5c3cc2cc41. The van der Waals surface area contributed by atoms with Crippen LogP contribution < -0.4 is 0 Å². The first kappa shape index (κ1) is 18.3. The van der Waals surface area contributed by atoms with Crippen LogP contribution in [0.5, 0.6) is 0 Å². The first-order valence-corrected chi connectivity index (χ1v) is 14.1. The molecule has 2 aromatic heterocycles. The summed E-state index contributed by atoms with van der Waals surface area (Å²) in [5.74, 6) is 0. The van der Waals surface area contributed by atoms with E-state index in [1.54, 1.807) is 0 Å². The molecule has 36 heavy (non-hydrogen) atoms. The van der Waals surface area contributed by atoms with Gasteiger partial charge in [0.05, 0.1) is 0 Å². The molecule has 0 unspecified atom stereocenters. The lowest BCUT2D eigenvalue weighted by Gasteiger charge is -2.18. The highest BCUT2D eigenvalue weighted by atomic mass is 32.1. The summed E-state index contributed by atoms with van der Waals surface area (Å²) in [7, 11) is 0. The van der Waals surface area contributed by atoms with Crippen LogP contribution in [0.15, 0.2) is 95.7 Å². The maximum Gasteiger partial charge on any atom is 0.0349 e. The molecule has 0 fully saturated rings. The molecule has 2 heterocycles. The van der Waals surface area contributed by atoms with Crippen LogP contribution in [-0.4, -0.2) is 0 Å². The second kappa shape index (κ2) is 6.04. The van der Waals surface area contributed by atoms with Gasteiger partial charge in [0.1, 0.15) is 0 Å². The van der Waals surface area contributed by atoms with E-state index >= 15 is 0 Å². The zero-order chi connectivity index (χ0) is 23.1. The second-order valence-corrected chi connectivity index (χ2v) is 12.1. The van der Waals surface area contributed by atoms with Crippen LogP contribution in [0.25, 0.3) is 95.6 Å². The van der Waals surface area contributed by atoms with Crippen molar-refractivity contribution in [1.82, 2.24) is 0 Å². The van der Waals surface area contributed by atoms with Gasteiger partial charge in [-0.05, 0) is 182 Å². The van der Waals surface area contributed by atoms with Gasteiger partial charge in [-0.25, -0.2) is 0 Å². The van der Waals surface area contributed by atoms with E-state index in [9.17, 15) is 0 Å². The van der Waals surface area contributed by atoms with Crippen molar-refractivity contribution in [3.05, 3.63) is 95.7 Å². The van der Waals surface area contributed by atoms with Gasteiger partial charge in [0, 0.05) is 9.40 Å². The Kier molecular flexibility index (Phi) is 3.07. The van der Waals surface area contributed by atoms with E-state index in [4.69, 9.17) is 0 Å². The predicted molar refractivity (Wildman–Crippen MR) is 162 cm³/mol. The number of thiophene rings is 2. The molecule has 0 aliphatic heterocycles. The summed E-state index contributed by atoms with van der Waals surface area (Å²) >= 11 is 3.65. The lowest BCUT2D eigenvalue weighted by Crippen LogP contribution is -1.90. The van der Waals surface area contributed by atoms with Crippen molar-refractivity contribution in [2.45, 2.75) is 0 Å². The first-order chi connectivity index (χ1) is 17.8. The highest BCUT2D eigenvalue weighted by Crippen LogP contribution is 2.45. The molecule has 0 atom stereocenters. The number of fused-ring (bicyclic) bond motifs is 13. The maximum absolute atomic E-state index is 2.41. The molecule has 0 aliphatic rings. The Bertz CT molecular complexity index is 2180. The second-order valence-electron chi connectivity index (χ2n) is 10.3. The molecule has 10 rings (SSSR count). The Balaban J connectivity index is 1.24. The van der Waals surface area contributed by atoms with E-state index in [1.165, 1.54) is 95.6 Å². The van der Waals surface area contributed by atoms with Gasteiger partial charge in [-0.2, -0.15) is 0 Å². The van der Waals surface area contributed by atoms with Crippen LogP contribution >= 0.6 is 22.7 Å². The van der Waals surface area contributed by atoms with Crippen molar-refractivity contribution < 1.29 is 0 Å². The highest BCUT2D eigenvalue weighted by Gasteiger charge is 2.16. The summed E-state index contributed by atoms with van der Waals surface area (Å²) in [6, 6.07) is 33.1. The Morgan fingerprint density at radius 2 is 0.556 bits per heavy atom. The van der Waals surface area contributed by atoms with E-state index in [2.05, 4.69) is 95.7 Å². The average molecular weight is 489 g/mol. The molecular weight excluding hydrogens is 473 g/mol. The van der Waals surface area contributed by atoms with Gasteiger partial charge < -0.3 is 0 Å². The molecule has 0 amide bonds. The van der Waals surface area contributed by atoms with Crippen molar-refractivity contribution in [2.75, 3.05) is 0 Å². The minimum Gasteiger partial charge on any atom is -0.144 e. The third kappa shape index (κ3) is 2.17. The van der Waals surface area contributed by atoms with Crippen molar-refractivity contribution in [3.63, 3.8) is 0 Å². The van der Waals surface area contributed by atoms with Crippen LogP contribution in [-0.2, 0) is 0 Å². The van der Waals surface area contributed by atoms with Gasteiger partial charge >= 0.3 is 0 Å². The zero-order valence-corrected chi connectivity index (χ0v) is 20.7. The van der Waals surface area contributed by atoms with Gasteiger partial charge in [0.25, 0.3) is 0 Å². The van der Waals surface area contributed by atoms with Crippen LogP contribution in [0.3, 0.4) is 0 Å². The minimum absolute atomic E-state index is 1.34. The van der Waals surface area contributed by atoms with E-state index in [1.807, 2.05) is 22.7 Å². The van der Waals surface area contributed by atoms with Crippen LogP contribution in [0.2, 0.25) is 0 Å². The Hall–Kier alpha value is -3.98. The molecule has 164 valence electrons. The van der Waals surface area contributed by atoms with Crippen molar-refractivity contribution in [2.24, 2.45) is 0 Å². The van der Waals surface area contributed by atoms with Crippen LogP contribution in [0.4, 0.5) is 0 Å². The average Bonchev–Trinajstić information content (AvgIpc) is 3.55. The molecule has 0 nitrogen and oxygen atoms in total. The fourth-order valence-electron chi connectivity index (χ4n) is 6.53. The van der Waals surface area contributed by atoms with Crippen molar-refractivity contribution in [3.8, 4) is 0 Å². The molecular formula is C34H16S2. The van der Waals surface area contributed by atoms with Crippen LogP contribution in [0.1, 0.15) is 0 Å². The molecule has 0 bridgehead atoms. The van der Waals surface area contributed by atoms with E-state index in [0.717, 1.165) is 0 Å². The molecule has 0 aliphatic carbocycles. The monoisotopic (exact) mass is 488 g/mol. The molecule has 0 spiro atoms. The number of benzene rings is 6. The predicted octanol–water partition coefficient (Wildman–Crippen LogP) is 11.1. The maximum atomic E-state index is 2.41. The van der Waals surface area contributed by atoms with E-state index in [0.29, 0.717) is 0 Å². The quantitative estimate of drug-likeness (QED) is 0.199. The number of rotatable bonds is 0. The van der Waals surface area contributed by atoms with Gasteiger partial charge in [-0.1, -0.05) is 0 Å². The summed E-state index contributed by atoms with van der Waals surface area (Å²) in [6.07, 6.45) is 0. The minimum atomic E-state index is 1.34. The van der Waals surface area contributed by atoms with Gasteiger partial charge in [-0.3, -0.25) is 0 Å². The smallest absolute Gasteiger partial charge is 0.0349 e. The highest BCUT2D eigenvalue weighted by molar-refractivity contribution is 7.17. The molecule has 0 saturated carbocycles. The molecule has 8 aromatic carbocycles. The summed E-state index contributed by atoms with van der Waals surface area (Å²) in [5.41, 5.74) is 0. The Morgan fingerprint density at radius 3 is 0.889 bits per heavy atom. The van der Waals surface area contributed by atoms with E-state index < -0.39 is 0 Å². The summed E-state index contributed by atoms with van der Waals surface area (Å²) in [6.45, 7) is 0. The lowest BCUT2D eigenvalue weighted by atomic mass is 9.86. The molecule has 0 saturated heterocycles. The fraction of sp³-hybridized carbons (Fsp3) is 0.